The summed E-state index contributed by atoms with van der Waals surface area (Å²) in [5.41, 5.74) is 1.24. The van der Waals surface area contributed by atoms with Crippen molar-refractivity contribution in [3.63, 3.8) is 0 Å². The zero-order valence-corrected chi connectivity index (χ0v) is 14.3. The van der Waals surface area contributed by atoms with Gasteiger partial charge in [-0.15, -0.1) is 0 Å². The van der Waals surface area contributed by atoms with Gasteiger partial charge in [-0.05, 0) is 42.8 Å². The van der Waals surface area contributed by atoms with E-state index in [1.54, 1.807) is 13.0 Å². The number of benzene rings is 2. The van der Waals surface area contributed by atoms with Crippen LogP contribution in [0.15, 0.2) is 36.4 Å². The van der Waals surface area contributed by atoms with Crippen molar-refractivity contribution in [2.75, 3.05) is 23.8 Å². The second kappa shape index (κ2) is 8.27. The highest BCUT2D eigenvalue weighted by atomic mass is 35.5. The Hall–Kier alpha value is -2.48. The van der Waals surface area contributed by atoms with Crippen LogP contribution < -0.4 is 15.4 Å². The summed E-state index contributed by atoms with van der Waals surface area (Å²) in [5, 5.41) is 5.06. The van der Waals surface area contributed by atoms with Crippen molar-refractivity contribution >= 4 is 28.9 Å². The predicted octanol–water partition coefficient (Wildman–Crippen LogP) is 4.78. The van der Waals surface area contributed by atoms with Crippen LogP contribution in [0.3, 0.4) is 0 Å². The van der Waals surface area contributed by atoms with Crippen molar-refractivity contribution in [3.05, 3.63) is 52.8 Å². The third-order valence-corrected chi connectivity index (χ3v) is 3.46. The number of nitrogens with one attached hydrogen (secondary N) is 2. The second-order valence-corrected chi connectivity index (χ2v) is 5.84. The molecule has 4 nitrogen and oxygen atoms in total. The monoisotopic (exact) mass is 390 g/mol. The molecule has 0 spiro atoms. The lowest BCUT2D eigenvalue weighted by atomic mass is 10.2. The Morgan fingerprint density at radius 2 is 1.92 bits per heavy atom. The SMILES string of the molecule is Cc1ccc(NCC(=O)Nc2ccc(F)c(Cl)c2)c(OCC(F)(F)F)c1. The second-order valence-electron chi connectivity index (χ2n) is 5.43. The maximum atomic E-state index is 13.1. The third-order valence-electron chi connectivity index (χ3n) is 3.17. The Kier molecular flexibility index (Phi) is 6.31. The summed E-state index contributed by atoms with van der Waals surface area (Å²) in [5.74, 6) is -1.12. The van der Waals surface area contributed by atoms with E-state index in [1.165, 1.54) is 24.3 Å². The highest BCUT2D eigenvalue weighted by molar-refractivity contribution is 6.31. The highest BCUT2D eigenvalue weighted by Crippen LogP contribution is 2.28. The molecule has 0 saturated carbocycles. The molecule has 0 saturated heterocycles. The van der Waals surface area contributed by atoms with E-state index in [1.807, 2.05) is 0 Å². The number of halogens is 5. The van der Waals surface area contributed by atoms with Crippen molar-refractivity contribution in [3.8, 4) is 5.75 Å². The zero-order chi connectivity index (χ0) is 19.3. The van der Waals surface area contributed by atoms with E-state index < -0.39 is 24.5 Å². The zero-order valence-electron chi connectivity index (χ0n) is 13.6. The van der Waals surface area contributed by atoms with E-state index >= 15 is 0 Å². The van der Waals surface area contributed by atoms with Gasteiger partial charge in [-0.2, -0.15) is 13.2 Å². The number of carbonyl (C=O) groups is 1. The van der Waals surface area contributed by atoms with Gasteiger partial charge in [0.2, 0.25) is 5.91 Å². The smallest absolute Gasteiger partial charge is 0.422 e. The maximum Gasteiger partial charge on any atom is 0.422 e. The first-order valence-corrected chi connectivity index (χ1v) is 7.81. The summed E-state index contributed by atoms with van der Waals surface area (Å²) in [6.45, 7) is 0.0288. The van der Waals surface area contributed by atoms with E-state index in [2.05, 4.69) is 10.6 Å². The predicted molar refractivity (Wildman–Crippen MR) is 91.3 cm³/mol. The number of hydrogen-bond donors (Lipinski definition) is 2. The van der Waals surface area contributed by atoms with Crippen molar-refractivity contribution in [2.45, 2.75) is 13.1 Å². The van der Waals surface area contributed by atoms with Gasteiger partial charge in [-0.25, -0.2) is 4.39 Å². The molecule has 0 aromatic heterocycles. The molecule has 2 rings (SSSR count). The van der Waals surface area contributed by atoms with Crippen molar-refractivity contribution in [1.82, 2.24) is 0 Å². The molecule has 2 aromatic carbocycles. The third kappa shape index (κ3) is 6.11. The highest BCUT2D eigenvalue weighted by Gasteiger charge is 2.28. The Morgan fingerprint density at radius 1 is 1.19 bits per heavy atom. The molecule has 0 aliphatic heterocycles. The van der Waals surface area contributed by atoms with Gasteiger partial charge in [0, 0.05) is 5.69 Å². The first kappa shape index (κ1) is 19.8. The van der Waals surface area contributed by atoms with E-state index in [9.17, 15) is 22.4 Å². The number of carbonyl (C=O) groups excluding carboxylic acids is 1. The molecule has 0 bridgehead atoms. The van der Waals surface area contributed by atoms with Gasteiger partial charge in [-0.3, -0.25) is 4.79 Å². The molecule has 0 unspecified atom stereocenters. The van der Waals surface area contributed by atoms with Gasteiger partial charge in [0.1, 0.15) is 11.6 Å². The number of amides is 1. The lowest BCUT2D eigenvalue weighted by Gasteiger charge is -2.15. The van der Waals surface area contributed by atoms with Crippen LogP contribution in [0.5, 0.6) is 5.75 Å². The number of hydrogen-bond acceptors (Lipinski definition) is 3. The first-order chi connectivity index (χ1) is 12.1. The van der Waals surface area contributed by atoms with Gasteiger partial charge in [-0.1, -0.05) is 17.7 Å². The lowest BCUT2D eigenvalue weighted by molar-refractivity contribution is -0.153. The Bertz CT molecular complexity index is 797. The molecule has 0 radical (unpaired) electrons. The molecule has 140 valence electrons. The first-order valence-electron chi connectivity index (χ1n) is 7.43. The molecule has 0 atom stereocenters. The molecule has 2 aromatic rings. The fourth-order valence-corrected chi connectivity index (χ4v) is 2.19. The summed E-state index contributed by atoms with van der Waals surface area (Å²) in [6.07, 6.45) is -4.47. The number of rotatable bonds is 6. The van der Waals surface area contributed by atoms with Crippen LogP contribution in [0.25, 0.3) is 0 Å². The van der Waals surface area contributed by atoms with Gasteiger partial charge < -0.3 is 15.4 Å². The number of anilines is 2. The molecule has 26 heavy (non-hydrogen) atoms. The average Bonchev–Trinajstić information content (AvgIpc) is 2.55. The molecule has 9 heteroatoms. The normalized spacial score (nSPS) is 11.2. The van der Waals surface area contributed by atoms with Crippen molar-refractivity contribution in [2.24, 2.45) is 0 Å². The fraction of sp³-hybridized carbons (Fsp3) is 0.235. The van der Waals surface area contributed by atoms with E-state index in [-0.39, 0.29) is 23.0 Å². The van der Waals surface area contributed by atoms with Crippen LogP contribution in [0.4, 0.5) is 28.9 Å². The Balaban J connectivity index is 1.99. The van der Waals surface area contributed by atoms with Gasteiger partial charge in [0.25, 0.3) is 0 Å². The summed E-state index contributed by atoms with van der Waals surface area (Å²) in [6, 6.07) is 8.31. The molecular formula is C17H15ClF4N2O2. The van der Waals surface area contributed by atoms with E-state index in [4.69, 9.17) is 16.3 Å². The number of aryl methyl sites for hydroxylation is 1. The standard InChI is InChI=1S/C17H15ClF4N2O2/c1-10-2-5-14(15(6-10)26-9-17(20,21)22)23-8-16(25)24-11-3-4-13(19)12(18)7-11/h2-7,23H,8-9H2,1H3,(H,24,25). The van der Waals surface area contributed by atoms with Crippen LogP contribution in [0.1, 0.15) is 5.56 Å². The number of ether oxygens (including phenoxy) is 1. The van der Waals surface area contributed by atoms with Gasteiger partial charge in [0.15, 0.2) is 6.61 Å². The van der Waals surface area contributed by atoms with Crippen LogP contribution in [-0.4, -0.2) is 25.2 Å². The summed E-state index contributed by atoms with van der Waals surface area (Å²) < 4.78 is 54.9. The Morgan fingerprint density at radius 3 is 2.58 bits per heavy atom. The number of alkyl halides is 3. The minimum atomic E-state index is -4.47. The van der Waals surface area contributed by atoms with Gasteiger partial charge >= 0.3 is 6.18 Å². The summed E-state index contributed by atoms with van der Waals surface area (Å²) in [4.78, 5) is 11.9. The fourth-order valence-electron chi connectivity index (χ4n) is 2.01. The molecular weight excluding hydrogens is 376 g/mol. The summed E-state index contributed by atoms with van der Waals surface area (Å²) >= 11 is 5.63. The molecule has 2 N–H and O–H groups in total. The Labute approximate surface area is 152 Å². The quantitative estimate of drug-likeness (QED) is 0.698. The van der Waals surface area contributed by atoms with E-state index in [0.29, 0.717) is 11.3 Å². The van der Waals surface area contributed by atoms with E-state index in [0.717, 1.165) is 6.07 Å². The minimum absolute atomic E-state index is 0.0139. The minimum Gasteiger partial charge on any atom is -0.482 e. The molecule has 1 amide bonds. The topological polar surface area (TPSA) is 50.4 Å². The largest absolute Gasteiger partial charge is 0.482 e. The lowest BCUT2D eigenvalue weighted by Crippen LogP contribution is -2.23. The van der Waals surface area contributed by atoms with Crippen molar-refractivity contribution in [1.29, 1.82) is 0 Å². The molecule has 0 fully saturated rings. The molecule has 0 aliphatic carbocycles. The van der Waals surface area contributed by atoms with Crippen LogP contribution in [-0.2, 0) is 4.79 Å². The summed E-state index contributed by atoms with van der Waals surface area (Å²) in [7, 11) is 0. The molecule has 0 heterocycles. The average molecular weight is 391 g/mol. The van der Waals surface area contributed by atoms with Crippen molar-refractivity contribution < 1.29 is 27.1 Å². The molecule has 0 aliphatic rings. The van der Waals surface area contributed by atoms with Crippen LogP contribution in [0, 0.1) is 12.7 Å². The van der Waals surface area contributed by atoms with Crippen LogP contribution in [0.2, 0.25) is 5.02 Å². The van der Waals surface area contributed by atoms with Crippen LogP contribution >= 0.6 is 11.6 Å². The maximum absolute atomic E-state index is 13.1. The van der Waals surface area contributed by atoms with Gasteiger partial charge in [0.05, 0.1) is 17.3 Å².